The van der Waals surface area contributed by atoms with E-state index in [1.165, 1.54) is 21.9 Å². The molecule has 0 bridgehead atoms. The minimum Gasteiger partial charge on any atom is -0.480 e. The largest absolute Gasteiger partial charge is 0.480 e. The van der Waals surface area contributed by atoms with Crippen LogP contribution in [0.25, 0.3) is 10.8 Å². The van der Waals surface area contributed by atoms with Crippen molar-refractivity contribution in [1.29, 1.82) is 0 Å². The van der Waals surface area contributed by atoms with Crippen molar-refractivity contribution in [1.82, 2.24) is 9.47 Å². The number of carbonyl (C=O) groups is 1. The molecule has 1 saturated heterocycles. The van der Waals surface area contributed by atoms with Gasteiger partial charge in [0.2, 0.25) is 0 Å². The van der Waals surface area contributed by atoms with Crippen LogP contribution in [0.2, 0.25) is 0 Å². The Labute approximate surface area is 202 Å². The van der Waals surface area contributed by atoms with Gasteiger partial charge in [-0.2, -0.15) is 0 Å². The molecule has 2 fully saturated rings. The van der Waals surface area contributed by atoms with E-state index in [1.54, 1.807) is 16.3 Å². The van der Waals surface area contributed by atoms with Crippen molar-refractivity contribution in [3.63, 3.8) is 0 Å². The maximum atomic E-state index is 13.9. The Kier molecular flexibility index (Phi) is 5.71. The van der Waals surface area contributed by atoms with Crippen molar-refractivity contribution in [2.45, 2.75) is 42.8 Å². The van der Waals surface area contributed by atoms with Crippen LogP contribution in [0.4, 0.5) is 0 Å². The predicted molar refractivity (Wildman–Crippen MR) is 133 cm³/mol. The second-order valence-electron chi connectivity index (χ2n) is 9.49. The normalized spacial score (nSPS) is 20.5. The lowest BCUT2D eigenvalue weighted by molar-refractivity contribution is -0.140. The van der Waals surface area contributed by atoms with Crippen LogP contribution in [0.1, 0.15) is 47.1 Å². The second-order valence-corrected chi connectivity index (χ2v) is 10.5. The summed E-state index contributed by atoms with van der Waals surface area (Å²) in [4.78, 5) is 28.3. The number of hydrogen-bond acceptors (Lipinski definition) is 5. The molecule has 2 aliphatic heterocycles. The summed E-state index contributed by atoms with van der Waals surface area (Å²) in [5, 5.41) is 13.2. The zero-order valence-corrected chi connectivity index (χ0v) is 19.9. The summed E-state index contributed by atoms with van der Waals surface area (Å²) in [7, 11) is 0. The van der Waals surface area contributed by atoms with Crippen LogP contribution in [-0.4, -0.2) is 52.6 Å². The first-order valence-corrected chi connectivity index (χ1v) is 13.0. The Morgan fingerprint density at radius 2 is 1.82 bits per heavy atom. The van der Waals surface area contributed by atoms with Gasteiger partial charge in [0.1, 0.15) is 6.04 Å². The Balaban J connectivity index is 1.55. The predicted octanol–water partition coefficient (Wildman–Crippen LogP) is 4.03. The Hall–Kier alpha value is -2.61. The van der Waals surface area contributed by atoms with Crippen molar-refractivity contribution in [3.8, 4) is 0 Å². The standard InChI is InChI=1S/C27H28N2O4S/c30-25-22(15-28-10-12-33-13-11-28)21(14-19-6-3-5-17-4-1-2-7-20(17)19)24(18-8-9-18)26-29(25)23(16-34-26)27(31)32/h1-7,18,23H,8-16H2,(H,31,32). The Morgan fingerprint density at radius 1 is 1.06 bits per heavy atom. The van der Waals surface area contributed by atoms with Gasteiger partial charge < -0.3 is 9.84 Å². The molecule has 34 heavy (non-hydrogen) atoms. The number of benzene rings is 2. The average molecular weight is 477 g/mol. The first-order valence-electron chi connectivity index (χ1n) is 12.0. The highest BCUT2D eigenvalue weighted by Crippen LogP contribution is 2.49. The zero-order chi connectivity index (χ0) is 23.2. The highest BCUT2D eigenvalue weighted by Gasteiger charge is 2.39. The summed E-state index contributed by atoms with van der Waals surface area (Å²) in [5.41, 5.74) is 4.21. The van der Waals surface area contributed by atoms with E-state index >= 15 is 0 Å². The number of ether oxygens (including phenoxy) is 1. The minimum absolute atomic E-state index is 0.126. The number of morpholine rings is 1. The summed E-state index contributed by atoms with van der Waals surface area (Å²) >= 11 is 1.55. The molecular formula is C27H28N2O4S. The smallest absolute Gasteiger partial charge is 0.327 e. The molecular weight excluding hydrogens is 448 g/mol. The van der Waals surface area contributed by atoms with Gasteiger partial charge in [-0.15, -0.1) is 11.8 Å². The third-order valence-corrected chi connectivity index (χ3v) is 8.48. The number of rotatable bonds is 6. The molecule has 3 aromatic rings. The van der Waals surface area contributed by atoms with Crippen molar-refractivity contribution in [2.75, 3.05) is 32.1 Å². The number of aliphatic carboxylic acids is 1. The quantitative estimate of drug-likeness (QED) is 0.579. The van der Waals surface area contributed by atoms with Crippen molar-refractivity contribution < 1.29 is 14.6 Å². The minimum atomic E-state index is -0.922. The number of thioether (sulfide) groups is 1. The highest BCUT2D eigenvalue weighted by molar-refractivity contribution is 7.99. The van der Waals surface area contributed by atoms with Crippen LogP contribution in [-0.2, 0) is 22.5 Å². The van der Waals surface area contributed by atoms with E-state index in [0.29, 0.717) is 37.9 Å². The summed E-state index contributed by atoms with van der Waals surface area (Å²) in [6.07, 6.45) is 2.89. The van der Waals surface area contributed by atoms with Gasteiger partial charge in [0.05, 0.1) is 18.2 Å². The van der Waals surface area contributed by atoms with E-state index in [0.717, 1.165) is 42.1 Å². The number of nitrogens with zero attached hydrogens (tertiary/aromatic N) is 2. The molecule has 0 spiro atoms. The monoisotopic (exact) mass is 476 g/mol. The van der Waals surface area contributed by atoms with Crippen LogP contribution in [0.3, 0.4) is 0 Å². The molecule has 7 heteroatoms. The second kappa shape index (κ2) is 8.87. The van der Waals surface area contributed by atoms with Gasteiger partial charge in [-0.1, -0.05) is 42.5 Å². The first kappa shape index (κ1) is 21.9. The number of carboxylic acids is 1. The molecule has 0 amide bonds. The topological polar surface area (TPSA) is 71.8 Å². The average Bonchev–Trinajstić information content (AvgIpc) is 3.59. The molecule has 6 rings (SSSR count). The summed E-state index contributed by atoms with van der Waals surface area (Å²) in [6, 6.07) is 14.0. The molecule has 2 aromatic carbocycles. The third-order valence-electron chi connectivity index (χ3n) is 7.31. The van der Waals surface area contributed by atoms with Crippen LogP contribution in [0.15, 0.2) is 52.3 Å². The third kappa shape index (κ3) is 3.85. The molecule has 3 heterocycles. The van der Waals surface area contributed by atoms with Crippen LogP contribution < -0.4 is 5.56 Å². The number of aromatic nitrogens is 1. The number of carboxylic acid groups (broad SMARTS) is 1. The van der Waals surface area contributed by atoms with E-state index in [9.17, 15) is 14.7 Å². The summed E-state index contributed by atoms with van der Waals surface area (Å²) < 4.78 is 7.13. The van der Waals surface area contributed by atoms with E-state index < -0.39 is 12.0 Å². The van der Waals surface area contributed by atoms with Crippen LogP contribution >= 0.6 is 11.8 Å². The first-order chi connectivity index (χ1) is 16.6. The van der Waals surface area contributed by atoms with Gasteiger partial charge in [0, 0.05) is 31.0 Å². The number of hydrogen-bond donors (Lipinski definition) is 1. The van der Waals surface area contributed by atoms with E-state index in [1.807, 2.05) is 0 Å². The van der Waals surface area contributed by atoms with Crippen LogP contribution in [0.5, 0.6) is 0 Å². The highest BCUT2D eigenvalue weighted by atomic mass is 32.2. The summed E-state index contributed by atoms with van der Waals surface area (Å²) in [5.74, 6) is -0.0940. The molecule has 1 atom stereocenters. The van der Waals surface area contributed by atoms with Gasteiger partial charge in [0.25, 0.3) is 5.56 Å². The molecule has 1 aliphatic carbocycles. The van der Waals surface area contributed by atoms with Gasteiger partial charge in [-0.25, -0.2) is 4.79 Å². The van der Waals surface area contributed by atoms with E-state index in [4.69, 9.17) is 4.74 Å². The number of pyridine rings is 1. The zero-order valence-electron chi connectivity index (χ0n) is 19.0. The number of fused-ring (bicyclic) bond motifs is 2. The SMILES string of the molecule is O=C(O)C1CSc2c(C3CC3)c(Cc3cccc4ccccc34)c(CN3CCOCC3)c(=O)n21. The van der Waals surface area contributed by atoms with Crippen LogP contribution in [0, 0.1) is 0 Å². The molecule has 1 saturated carbocycles. The van der Waals surface area contributed by atoms with Gasteiger partial charge >= 0.3 is 5.97 Å². The summed E-state index contributed by atoms with van der Waals surface area (Å²) in [6.45, 7) is 3.43. The maximum absolute atomic E-state index is 13.9. The Morgan fingerprint density at radius 3 is 2.59 bits per heavy atom. The molecule has 1 unspecified atom stereocenters. The van der Waals surface area contributed by atoms with Gasteiger partial charge in [0.15, 0.2) is 0 Å². The lowest BCUT2D eigenvalue weighted by atomic mass is 9.91. The van der Waals surface area contributed by atoms with Crippen molar-refractivity contribution in [3.05, 3.63) is 75.1 Å². The van der Waals surface area contributed by atoms with Crippen molar-refractivity contribution in [2.24, 2.45) is 0 Å². The van der Waals surface area contributed by atoms with E-state index in [-0.39, 0.29) is 5.56 Å². The molecule has 6 nitrogen and oxygen atoms in total. The Bertz CT molecular complexity index is 1320. The lowest BCUT2D eigenvalue weighted by Crippen LogP contribution is -2.40. The fraction of sp³-hybridized carbons (Fsp3) is 0.407. The van der Waals surface area contributed by atoms with Gasteiger partial charge in [-0.3, -0.25) is 14.3 Å². The fourth-order valence-electron chi connectivity index (χ4n) is 5.41. The maximum Gasteiger partial charge on any atom is 0.327 e. The molecule has 0 radical (unpaired) electrons. The molecule has 1 aromatic heterocycles. The lowest BCUT2D eigenvalue weighted by Gasteiger charge is -2.29. The molecule has 1 N–H and O–H groups in total. The molecule has 3 aliphatic rings. The van der Waals surface area contributed by atoms with Crippen molar-refractivity contribution >= 4 is 28.5 Å². The molecule has 176 valence electrons. The fourth-order valence-corrected chi connectivity index (χ4v) is 6.81. The van der Waals surface area contributed by atoms with Gasteiger partial charge in [-0.05, 0) is 52.6 Å². The van der Waals surface area contributed by atoms with E-state index in [2.05, 4.69) is 47.4 Å².